The standard InChI is InChI=1S/C29H23N.C17H14/c1-22-14-16-23(17-15-22)24-18-20-27(21-19-24)30(26-10-3-2-4-11-26)29-13-7-9-25-8-5-6-12-28(25)29;1-2-7-14(8-3-1)13-16-11-6-10-15-9-4-5-12-17(15)16/h2-21H,1H3;1-12H,13H2. The molecule has 8 aromatic rings. The van der Waals surface area contributed by atoms with Crippen molar-refractivity contribution in [2.24, 2.45) is 0 Å². The maximum absolute atomic E-state index is 2.33. The largest absolute Gasteiger partial charge is 0.310 e. The lowest BCUT2D eigenvalue weighted by atomic mass is 9.99. The first-order valence-corrected chi connectivity index (χ1v) is 16.2. The number of para-hydroxylation sites is 1. The Morgan fingerprint density at radius 3 is 1.55 bits per heavy atom. The summed E-state index contributed by atoms with van der Waals surface area (Å²) in [5.41, 5.74) is 9.99. The minimum absolute atomic E-state index is 1.00. The fraction of sp³-hybridized carbons (Fsp3) is 0.0435. The van der Waals surface area contributed by atoms with Crippen LogP contribution in [0.5, 0.6) is 0 Å². The molecule has 0 aromatic heterocycles. The number of anilines is 3. The van der Waals surface area contributed by atoms with Crippen molar-refractivity contribution in [1.82, 2.24) is 0 Å². The van der Waals surface area contributed by atoms with Gasteiger partial charge in [0.15, 0.2) is 0 Å². The van der Waals surface area contributed by atoms with E-state index >= 15 is 0 Å². The van der Waals surface area contributed by atoms with Gasteiger partial charge in [0.25, 0.3) is 0 Å². The van der Waals surface area contributed by atoms with E-state index in [0.29, 0.717) is 0 Å². The summed E-state index contributed by atoms with van der Waals surface area (Å²) in [6.45, 7) is 2.12. The van der Waals surface area contributed by atoms with E-state index in [1.807, 2.05) is 0 Å². The molecule has 0 heterocycles. The average Bonchev–Trinajstić information content (AvgIpc) is 3.14. The van der Waals surface area contributed by atoms with Crippen molar-refractivity contribution < 1.29 is 0 Å². The third-order valence-corrected chi connectivity index (χ3v) is 8.65. The molecule has 8 aromatic carbocycles. The lowest BCUT2D eigenvalue weighted by Crippen LogP contribution is -2.10. The van der Waals surface area contributed by atoms with Crippen molar-refractivity contribution >= 4 is 38.6 Å². The number of hydrogen-bond donors (Lipinski definition) is 0. The Morgan fingerprint density at radius 2 is 0.872 bits per heavy atom. The van der Waals surface area contributed by atoms with E-state index in [1.54, 1.807) is 0 Å². The van der Waals surface area contributed by atoms with Crippen LogP contribution in [-0.4, -0.2) is 0 Å². The van der Waals surface area contributed by atoms with Crippen molar-refractivity contribution in [3.63, 3.8) is 0 Å². The Morgan fingerprint density at radius 1 is 0.383 bits per heavy atom. The van der Waals surface area contributed by atoms with Crippen molar-refractivity contribution in [2.75, 3.05) is 4.90 Å². The van der Waals surface area contributed by atoms with Crippen LogP contribution < -0.4 is 4.90 Å². The van der Waals surface area contributed by atoms with Gasteiger partial charge in [0.2, 0.25) is 0 Å². The summed E-state index contributed by atoms with van der Waals surface area (Å²) < 4.78 is 0. The normalized spacial score (nSPS) is 10.7. The van der Waals surface area contributed by atoms with Crippen LogP contribution in [0.1, 0.15) is 16.7 Å². The lowest BCUT2D eigenvalue weighted by molar-refractivity contribution is 1.21. The number of hydrogen-bond acceptors (Lipinski definition) is 1. The molecule has 0 aliphatic rings. The van der Waals surface area contributed by atoms with Crippen molar-refractivity contribution in [1.29, 1.82) is 0 Å². The van der Waals surface area contributed by atoms with Crippen molar-refractivity contribution in [3.05, 3.63) is 211 Å². The Hall–Kier alpha value is -5.92. The Balaban J connectivity index is 0.000000174. The maximum Gasteiger partial charge on any atom is 0.0540 e. The second kappa shape index (κ2) is 14.0. The van der Waals surface area contributed by atoms with E-state index in [2.05, 4.69) is 206 Å². The number of benzene rings is 8. The molecular formula is C46H37N. The fourth-order valence-electron chi connectivity index (χ4n) is 6.22. The highest BCUT2D eigenvalue weighted by atomic mass is 15.1. The van der Waals surface area contributed by atoms with Gasteiger partial charge in [-0.2, -0.15) is 0 Å². The van der Waals surface area contributed by atoms with Crippen molar-refractivity contribution in [2.45, 2.75) is 13.3 Å². The summed E-state index contributed by atoms with van der Waals surface area (Å²) in [5, 5.41) is 5.17. The lowest BCUT2D eigenvalue weighted by Gasteiger charge is -2.27. The molecule has 0 amide bonds. The number of rotatable bonds is 6. The van der Waals surface area contributed by atoms with E-state index < -0.39 is 0 Å². The molecule has 0 radical (unpaired) electrons. The van der Waals surface area contributed by atoms with Gasteiger partial charge in [0.1, 0.15) is 0 Å². The van der Waals surface area contributed by atoms with E-state index in [9.17, 15) is 0 Å². The molecule has 0 atom stereocenters. The molecule has 0 spiro atoms. The van der Waals surface area contributed by atoms with E-state index in [4.69, 9.17) is 0 Å². The van der Waals surface area contributed by atoms with Gasteiger partial charge >= 0.3 is 0 Å². The molecule has 0 unspecified atom stereocenters. The second-order valence-corrected chi connectivity index (χ2v) is 11.9. The van der Waals surface area contributed by atoms with Gasteiger partial charge in [-0.15, -0.1) is 0 Å². The fourth-order valence-corrected chi connectivity index (χ4v) is 6.22. The number of fused-ring (bicyclic) bond motifs is 2. The molecule has 0 fully saturated rings. The highest BCUT2D eigenvalue weighted by Gasteiger charge is 2.15. The van der Waals surface area contributed by atoms with Crippen LogP contribution in [0, 0.1) is 6.92 Å². The summed E-state index contributed by atoms with van der Waals surface area (Å²) in [7, 11) is 0. The molecule has 226 valence electrons. The quantitative estimate of drug-likeness (QED) is 0.183. The minimum atomic E-state index is 1.00. The molecule has 47 heavy (non-hydrogen) atoms. The first-order valence-electron chi connectivity index (χ1n) is 16.2. The van der Waals surface area contributed by atoms with Crippen LogP contribution in [0.3, 0.4) is 0 Å². The summed E-state index contributed by atoms with van der Waals surface area (Å²) >= 11 is 0. The van der Waals surface area contributed by atoms with Gasteiger partial charge in [-0.05, 0) is 82.1 Å². The zero-order chi connectivity index (χ0) is 31.8. The molecule has 0 saturated carbocycles. The third kappa shape index (κ3) is 6.85. The van der Waals surface area contributed by atoms with E-state index in [-0.39, 0.29) is 0 Å². The second-order valence-electron chi connectivity index (χ2n) is 11.9. The summed E-state index contributed by atoms with van der Waals surface area (Å²) in [6, 6.07) is 68.9. The van der Waals surface area contributed by atoms with Crippen LogP contribution >= 0.6 is 0 Å². The van der Waals surface area contributed by atoms with Crippen molar-refractivity contribution in [3.8, 4) is 11.1 Å². The molecular weight excluding hydrogens is 567 g/mol. The first-order chi connectivity index (χ1) is 23.2. The molecule has 8 rings (SSSR count). The van der Waals surface area contributed by atoms with Gasteiger partial charge in [0, 0.05) is 16.8 Å². The minimum Gasteiger partial charge on any atom is -0.310 e. The van der Waals surface area contributed by atoms with Gasteiger partial charge in [0.05, 0.1) is 5.69 Å². The topological polar surface area (TPSA) is 3.24 Å². The molecule has 0 aliphatic heterocycles. The zero-order valence-electron chi connectivity index (χ0n) is 26.6. The zero-order valence-corrected chi connectivity index (χ0v) is 26.6. The molecule has 1 heteroatoms. The van der Waals surface area contributed by atoms with Crippen LogP contribution in [-0.2, 0) is 6.42 Å². The first kappa shape index (κ1) is 29.8. The van der Waals surface area contributed by atoms with Crippen LogP contribution in [0.15, 0.2) is 194 Å². The smallest absolute Gasteiger partial charge is 0.0540 e. The molecule has 0 bridgehead atoms. The monoisotopic (exact) mass is 603 g/mol. The maximum atomic E-state index is 2.33. The highest BCUT2D eigenvalue weighted by Crippen LogP contribution is 2.39. The van der Waals surface area contributed by atoms with Gasteiger partial charge < -0.3 is 4.90 Å². The summed E-state index contributed by atoms with van der Waals surface area (Å²) in [4.78, 5) is 2.33. The molecule has 0 N–H and O–H groups in total. The SMILES string of the molecule is Cc1ccc(-c2ccc(N(c3ccccc3)c3cccc4ccccc34)cc2)cc1.c1ccc(Cc2cccc3ccccc23)cc1. The number of aryl methyl sites for hydroxylation is 1. The predicted molar refractivity (Wildman–Crippen MR) is 202 cm³/mol. The highest BCUT2D eigenvalue weighted by molar-refractivity contribution is 5.99. The predicted octanol–water partition coefficient (Wildman–Crippen LogP) is 12.7. The summed E-state index contributed by atoms with van der Waals surface area (Å²) in [6.07, 6.45) is 1.00. The average molecular weight is 604 g/mol. The van der Waals surface area contributed by atoms with Gasteiger partial charge in [-0.1, -0.05) is 169 Å². The van der Waals surface area contributed by atoms with Crippen LogP contribution in [0.25, 0.3) is 32.7 Å². The number of nitrogens with zero attached hydrogens (tertiary/aromatic N) is 1. The van der Waals surface area contributed by atoms with E-state index in [1.165, 1.54) is 55.0 Å². The molecule has 1 nitrogen and oxygen atoms in total. The summed E-state index contributed by atoms with van der Waals surface area (Å²) in [5.74, 6) is 0. The van der Waals surface area contributed by atoms with Gasteiger partial charge in [-0.25, -0.2) is 0 Å². The van der Waals surface area contributed by atoms with Crippen LogP contribution in [0.4, 0.5) is 17.1 Å². The van der Waals surface area contributed by atoms with Crippen LogP contribution in [0.2, 0.25) is 0 Å². The van der Waals surface area contributed by atoms with Gasteiger partial charge in [-0.3, -0.25) is 0 Å². The Labute approximate surface area is 278 Å². The molecule has 0 aliphatic carbocycles. The Bertz CT molecular complexity index is 2190. The third-order valence-electron chi connectivity index (χ3n) is 8.65. The Kier molecular flexibility index (Phi) is 8.88. The molecule has 0 saturated heterocycles. The van der Waals surface area contributed by atoms with E-state index in [0.717, 1.165) is 17.8 Å².